The maximum atomic E-state index is 5.90. The fourth-order valence-corrected chi connectivity index (χ4v) is 2.14. The molecule has 1 saturated carbocycles. The van der Waals surface area contributed by atoms with E-state index in [2.05, 4.69) is 40.6 Å². The van der Waals surface area contributed by atoms with Gasteiger partial charge in [-0.05, 0) is 25.3 Å². The molecule has 0 aliphatic heterocycles. The quantitative estimate of drug-likeness (QED) is 0.876. The fourth-order valence-electron chi connectivity index (χ4n) is 2.14. The number of nitrogens with zero attached hydrogens (tertiary/aromatic N) is 2. The van der Waals surface area contributed by atoms with Crippen LogP contribution in [0.1, 0.15) is 35.7 Å². The van der Waals surface area contributed by atoms with Crippen molar-refractivity contribution >= 4 is 0 Å². The first-order chi connectivity index (χ1) is 9.72. The van der Waals surface area contributed by atoms with E-state index in [9.17, 15) is 0 Å². The summed E-state index contributed by atoms with van der Waals surface area (Å²) in [6.45, 7) is 5.00. The molecule has 0 unspecified atom stereocenters. The first-order valence-electron chi connectivity index (χ1n) is 6.96. The Morgan fingerprint density at radius 3 is 2.90 bits per heavy atom. The van der Waals surface area contributed by atoms with Crippen LogP contribution in [0.4, 0.5) is 0 Å². The minimum Gasteiger partial charge on any atom is -0.485 e. The number of aromatic nitrogens is 2. The van der Waals surface area contributed by atoms with Gasteiger partial charge in [0.25, 0.3) is 0 Å². The highest BCUT2D eigenvalue weighted by Crippen LogP contribution is 2.26. The number of para-hydroxylation sites is 1. The first kappa shape index (κ1) is 13.1. The van der Waals surface area contributed by atoms with Crippen LogP contribution in [0.2, 0.25) is 0 Å². The highest BCUT2D eigenvalue weighted by molar-refractivity contribution is 5.40. The molecule has 1 aliphatic rings. The van der Waals surface area contributed by atoms with Crippen molar-refractivity contribution in [2.45, 2.75) is 45.9 Å². The molecule has 0 bridgehead atoms. The molecule has 106 valence electrons. The molecule has 0 atom stereocenters. The van der Waals surface area contributed by atoms with Gasteiger partial charge >= 0.3 is 0 Å². The molecule has 1 fully saturated rings. The third-order valence-corrected chi connectivity index (χ3v) is 3.37. The van der Waals surface area contributed by atoms with E-state index < -0.39 is 0 Å². The number of hydrogen-bond donors (Lipinski definition) is 1. The van der Waals surface area contributed by atoms with Crippen LogP contribution in [0.5, 0.6) is 5.75 Å². The molecule has 5 heteroatoms. The second-order valence-electron chi connectivity index (χ2n) is 5.24. The van der Waals surface area contributed by atoms with Crippen LogP contribution in [-0.2, 0) is 13.2 Å². The van der Waals surface area contributed by atoms with Crippen LogP contribution in [0, 0.1) is 13.8 Å². The van der Waals surface area contributed by atoms with Gasteiger partial charge in [0.15, 0.2) is 6.61 Å². The van der Waals surface area contributed by atoms with E-state index in [0.29, 0.717) is 24.4 Å². The maximum Gasteiger partial charge on any atom is 0.223 e. The van der Waals surface area contributed by atoms with Crippen LogP contribution in [0.25, 0.3) is 0 Å². The Balaban J connectivity index is 1.69. The van der Waals surface area contributed by atoms with E-state index in [1.54, 1.807) is 6.92 Å². The first-order valence-corrected chi connectivity index (χ1v) is 6.96. The molecule has 1 N–H and O–H groups in total. The Morgan fingerprint density at radius 2 is 2.20 bits per heavy atom. The van der Waals surface area contributed by atoms with Gasteiger partial charge < -0.3 is 14.6 Å². The van der Waals surface area contributed by atoms with E-state index in [4.69, 9.17) is 9.26 Å². The molecular weight excluding hydrogens is 254 g/mol. The van der Waals surface area contributed by atoms with Crippen molar-refractivity contribution in [3.05, 3.63) is 41.0 Å². The molecule has 0 radical (unpaired) electrons. The fraction of sp³-hybridized carbons (Fsp3) is 0.467. The van der Waals surface area contributed by atoms with Crippen molar-refractivity contribution in [3.63, 3.8) is 0 Å². The van der Waals surface area contributed by atoms with Crippen molar-refractivity contribution < 1.29 is 9.26 Å². The summed E-state index contributed by atoms with van der Waals surface area (Å²) >= 11 is 0. The average molecular weight is 273 g/mol. The lowest BCUT2D eigenvalue weighted by atomic mass is 10.1. The van der Waals surface area contributed by atoms with Gasteiger partial charge in [0.05, 0.1) is 0 Å². The average Bonchev–Trinajstić information content (AvgIpc) is 3.17. The summed E-state index contributed by atoms with van der Waals surface area (Å²) in [5, 5.41) is 7.36. The van der Waals surface area contributed by atoms with Gasteiger partial charge in [-0.1, -0.05) is 23.4 Å². The maximum absolute atomic E-state index is 5.90. The van der Waals surface area contributed by atoms with Crippen LogP contribution in [-0.4, -0.2) is 16.2 Å². The van der Waals surface area contributed by atoms with Crippen molar-refractivity contribution in [1.29, 1.82) is 0 Å². The Labute approximate surface area is 118 Å². The van der Waals surface area contributed by atoms with Gasteiger partial charge in [-0.15, -0.1) is 0 Å². The predicted octanol–water partition coefficient (Wildman–Crippen LogP) is 2.52. The van der Waals surface area contributed by atoms with Gasteiger partial charge in [-0.2, -0.15) is 4.98 Å². The molecule has 1 aromatic carbocycles. The van der Waals surface area contributed by atoms with Gasteiger partial charge in [0.2, 0.25) is 11.7 Å². The number of ether oxygens (including phenoxy) is 1. The number of hydrogen-bond acceptors (Lipinski definition) is 5. The Hall–Kier alpha value is -1.88. The molecule has 1 heterocycles. The summed E-state index contributed by atoms with van der Waals surface area (Å²) in [6.07, 6.45) is 2.56. The second kappa shape index (κ2) is 5.63. The summed E-state index contributed by atoms with van der Waals surface area (Å²) < 4.78 is 10.8. The largest absolute Gasteiger partial charge is 0.485 e. The van der Waals surface area contributed by atoms with E-state index >= 15 is 0 Å². The normalized spacial score (nSPS) is 14.5. The van der Waals surface area contributed by atoms with Gasteiger partial charge in [-0.3, -0.25) is 0 Å². The van der Waals surface area contributed by atoms with E-state index in [0.717, 1.165) is 17.9 Å². The zero-order valence-electron chi connectivity index (χ0n) is 11.8. The monoisotopic (exact) mass is 273 g/mol. The standard InChI is InChI=1S/C15H19N3O2/c1-10-4-3-5-12(8-16-13-6-7-13)15(10)19-9-14-17-11(2)20-18-14/h3-5,13,16H,6-9H2,1-2H3. The molecule has 3 rings (SSSR count). The lowest BCUT2D eigenvalue weighted by Crippen LogP contribution is -2.16. The summed E-state index contributed by atoms with van der Waals surface area (Å²) in [5.41, 5.74) is 2.30. The molecule has 1 aromatic heterocycles. The summed E-state index contributed by atoms with van der Waals surface area (Å²) in [6, 6.07) is 6.89. The Bertz CT molecular complexity index is 591. The number of aryl methyl sites for hydroxylation is 2. The molecule has 0 saturated heterocycles. The molecule has 20 heavy (non-hydrogen) atoms. The van der Waals surface area contributed by atoms with E-state index in [1.165, 1.54) is 18.4 Å². The zero-order valence-corrected chi connectivity index (χ0v) is 11.8. The Kier molecular flexibility index (Phi) is 3.69. The third-order valence-electron chi connectivity index (χ3n) is 3.37. The summed E-state index contributed by atoms with van der Waals surface area (Å²) in [5.74, 6) is 2.05. The molecule has 0 spiro atoms. The third kappa shape index (κ3) is 3.17. The van der Waals surface area contributed by atoms with Crippen molar-refractivity contribution in [3.8, 4) is 5.75 Å². The molecule has 1 aliphatic carbocycles. The van der Waals surface area contributed by atoms with Crippen molar-refractivity contribution in [2.24, 2.45) is 0 Å². The smallest absolute Gasteiger partial charge is 0.223 e. The minimum atomic E-state index is 0.332. The molecular formula is C15H19N3O2. The predicted molar refractivity (Wildman–Crippen MR) is 74.4 cm³/mol. The second-order valence-corrected chi connectivity index (χ2v) is 5.24. The van der Waals surface area contributed by atoms with Crippen LogP contribution < -0.4 is 10.1 Å². The van der Waals surface area contributed by atoms with E-state index in [-0.39, 0.29) is 0 Å². The zero-order chi connectivity index (χ0) is 13.9. The highest BCUT2D eigenvalue weighted by atomic mass is 16.5. The number of rotatable bonds is 6. The van der Waals surface area contributed by atoms with Crippen molar-refractivity contribution in [2.75, 3.05) is 0 Å². The lowest BCUT2D eigenvalue weighted by molar-refractivity contribution is 0.280. The van der Waals surface area contributed by atoms with Crippen LogP contribution in [0.3, 0.4) is 0 Å². The summed E-state index contributed by atoms with van der Waals surface area (Å²) in [4.78, 5) is 4.15. The van der Waals surface area contributed by atoms with E-state index in [1.807, 2.05) is 0 Å². The lowest BCUT2D eigenvalue weighted by Gasteiger charge is -2.13. The SMILES string of the molecule is Cc1nc(COc2c(C)cccc2CNC2CC2)no1. The van der Waals surface area contributed by atoms with Gasteiger partial charge in [-0.25, -0.2) is 0 Å². The molecule has 0 amide bonds. The number of nitrogens with one attached hydrogen (secondary N) is 1. The molecule has 2 aromatic rings. The van der Waals surface area contributed by atoms with Gasteiger partial charge in [0, 0.05) is 25.1 Å². The Morgan fingerprint density at radius 1 is 1.35 bits per heavy atom. The topological polar surface area (TPSA) is 60.2 Å². The number of benzene rings is 1. The molecule has 5 nitrogen and oxygen atoms in total. The van der Waals surface area contributed by atoms with Crippen LogP contribution in [0.15, 0.2) is 22.7 Å². The minimum absolute atomic E-state index is 0.332. The van der Waals surface area contributed by atoms with Crippen LogP contribution >= 0.6 is 0 Å². The summed E-state index contributed by atoms with van der Waals surface area (Å²) in [7, 11) is 0. The van der Waals surface area contributed by atoms with Gasteiger partial charge in [0.1, 0.15) is 5.75 Å². The van der Waals surface area contributed by atoms with Crippen molar-refractivity contribution in [1.82, 2.24) is 15.5 Å². The highest BCUT2D eigenvalue weighted by Gasteiger charge is 2.21.